The van der Waals surface area contributed by atoms with Gasteiger partial charge in [-0.25, -0.2) is 19.6 Å². The fourth-order valence-corrected chi connectivity index (χ4v) is 5.01. The number of para-hydroxylation sites is 1. The summed E-state index contributed by atoms with van der Waals surface area (Å²) in [6.07, 6.45) is 8.35. The molecule has 0 radical (unpaired) electrons. The molecular formula is C31H30N8O2. The Balaban J connectivity index is 1.20. The van der Waals surface area contributed by atoms with Gasteiger partial charge in [0.15, 0.2) is 5.65 Å². The SMILES string of the molecule is Nc1ncnc2c1c(-c1ccc(Oc3ccccc3)cc1)nn2[C@@H]1CCCN(C(=O)C=CCNc2ccccn2)C1. The summed E-state index contributed by atoms with van der Waals surface area (Å²) in [5.74, 6) is 2.59. The number of aromatic nitrogens is 5. The number of anilines is 2. The number of amides is 1. The van der Waals surface area contributed by atoms with Crippen LogP contribution in [0.3, 0.4) is 0 Å². The van der Waals surface area contributed by atoms with Crippen LogP contribution in [-0.2, 0) is 4.79 Å². The van der Waals surface area contributed by atoms with Crippen molar-refractivity contribution in [3.63, 3.8) is 0 Å². The Morgan fingerprint density at radius 2 is 1.80 bits per heavy atom. The number of hydrogen-bond acceptors (Lipinski definition) is 8. The lowest BCUT2D eigenvalue weighted by Crippen LogP contribution is -2.40. The van der Waals surface area contributed by atoms with E-state index in [1.165, 1.54) is 6.33 Å². The Labute approximate surface area is 237 Å². The molecule has 1 aliphatic heterocycles. The molecule has 1 amide bonds. The quantitative estimate of drug-likeness (QED) is 0.258. The number of likely N-dealkylation sites (tertiary alicyclic amines) is 1. The highest BCUT2D eigenvalue weighted by molar-refractivity contribution is 5.98. The average Bonchev–Trinajstić information content (AvgIpc) is 3.42. The molecule has 5 aromatic rings. The molecule has 0 aliphatic carbocycles. The maximum Gasteiger partial charge on any atom is 0.246 e. The van der Waals surface area contributed by atoms with Crippen molar-refractivity contribution in [1.29, 1.82) is 0 Å². The van der Waals surface area contributed by atoms with Crippen LogP contribution in [0, 0.1) is 0 Å². The van der Waals surface area contributed by atoms with Gasteiger partial charge in [-0.05, 0) is 61.4 Å². The van der Waals surface area contributed by atoms with Crippen LogP contribution in [0.15, 0.2) is 97.5 Å². The van der Waals surface area contributed by atoms with Crippen molar-refractivity contribution in [3.05, 3.63) is 97.5 Å². The van der Waals surface area contributed by atoms with Crippen molar-refractivity contribution in [3.8, 4) is 22.8 Å². The van der Waals surface area contributed by atoms with E-state index in [1.54, 1.807) is 12.3 Å². The van der Waals surface area contributed by atoms with Crippen molar-refractivity contribution in [2.45, 2.75) is 18.9 Å². The summed E-state index contributed by atoms with van der Waals surface area (Å²) in [4.78, 5) is 27.9. The maximum atomic E-state index is 13.0. The van der Waals surface area contributed by atoms with E-state index in [-0.39, 0.29) is 11.9 Å². The number of benzene rings is 2. The summed E-state index contributed by atoms with van der Waals surface area (Å²) in [5.41, 5.74) is 8.58. The van der Waals surface area contributed by atoms with E-state index in [2.05, 4.69) is 20.3 Å². The Morgan fingerprint density at radius 3 is 2.61 bits per heavy atom. The number of nitrogens with one attached hydrogen (secondary N) is 1. The molecular weight excluding hydrogens is 516 g/mol. The molecule has 10 nitrogen and oxygen atoms in total. The number of pyridine rings is 1. The van der Waals surface area contributed by atoms with Gasteiger partial charge >= 0.3 is 0 Å². The van der Waals surface area contributed by atoms with Crippen LogP contribution >= 0.6 is 0 Å². The van der Waals surface area contributed by atoms with E-state index in [9.17, 15) is 4.79 Å². The largest absolute Gasteiger partial charge is 0.457 e. The third kappa shape index (κ3) is 5.86. The van der Waals surface area contributed by atoms with E-state index in [4.69, 9.17) is 15.6 Å². The lowest BCUT2D eigenvalue weighted by molar-refractivity contribution is -0.127. The molecule has 1 saturated heterocycles. The van der Waals surface area contributed by atoms with Crippen LogP contribution in [0.4, 0.5) is 11.6 Å². The van der Waals surface area contributed by atoms with Gasteiger partial charge in [-0.15, -0.1) is 0 Å². The molecule has 41 heavy (non-hydrogen) atoms. The van der Waals surface area contributed by atoms with Crippen LogP contribution in [0.2, 0.25) is 0 Å². The molecule has 206 valence electrons. The van der Waals surface area contributed by atoms with Crippen molar-refractivity contribution >= 4 is 28.6 Å². The van der Waals surface area contributed by atoms with Crippen molar-refractivity contribution in [2.24, 2.45) is 0 Å². The molecule has 6 rings (SSSR count). The molecule has 2 aromatic carbocycles. The van der Waals surface area contributed by atoms with Gasteiger partial charge in [-0.1, -0.05) is 30.3 Å². The number of nitrogens with zero attached hydrogens (tertiary/aromatic N) is 6. The predicted molar refractivity (Wildman–Crippen MR) is 158 cm³/mol. The topological polar surface area (TPSA) is 124 Å². The standard InChI is InChI=1S/C31H30N8O2/c32-30-28-29(22-13-15-25(16-14-22)41-24-9-2-1-3-10-24)37-39(31(28)36-21-35-30)23-8-7-19-38(20-23)27(40)12-6-18-34-26-11-4-5-17-33-26/h1-6,9-17,21,23H,7-8,18-20H2,(H,33,34)(H2,32,35,36)/t23-/m1/s1. The van der Waals surface area contributed by atoms with Crippen LogP contribution < -0.4 is 15.8 Å². The van der Waals surface area contributed by atoms with Gasteiger partial charge in [0.25, 0.3) is 0 Å². The number of carbonyl (C=O) groups is 1. The highest BCUT2D eigenvalue weighted by atomic mass is 16.5. The van der Waals surface area contributed by atoms with Crippen LogP contribution in [0.1, 0.15) is 18.9 Å². The highest BCUT2D eigenvalue weighted by Gasteiger charge is 2.28. The molecule has 3 aromatic heterocycles. The Bertz CT molecular complexity index is 1650. The fraction of sp³-hybridized carbons (Fsp3) is 0.194. The highest BCUT2D eigenvalue weighted by Crippen LogP contribution is 2.34. The number of carbonyl (C=O) groups excluding carboxylic acids is 1. The minimum absolute atomic E-state index is 0.0302. The van der Waals surface area contributed by atoms with Gasteiger partial charge in [0.1, 0.15) is 35.2 Å². The lowest BCUT2D eigenvalue weighted by Gasteiger charge is -2.32. The maximum absolute atomic E-state index is 13.0. The summed E-state index contributed by atoms with van der Waals surface area (Å²) in [6.45, 7) is 1.73. The summed E-state index contributed by atoms with van der Waals surface area (Å²) in [5, 5.41) is 8.86. The third-order valence-corrected chi connectivity index (χ3v) is 7.01. The molecule has 4 heterocycles. The minimum atomic E-state index is -0.0426. The average molecular weight is 547 g/mol. The van der Waals surface area contributed by atoms with Crippen LogP contribution in [0.5, 0.6) is 11.5 Å². The zero-order valence-corrected chi connectivity index (χ0v) is 22.4. The molecule has 3 N–H and O–H groups in total. The molecule has 1 fully saturated rings. The number of hydrogen-bond donors (Lipinski definition) is 2. The van der Waals surface area contributed by atoms with E-state index in [0.717, 1.165) is 35.7 Å². The number of nitrogen functional groups attached to an aromatic ring is 1. The smallest absolute Gasteiger partial charge is 0.246 e. The first kappa shape index (κ1) is 26.0. The number of nitrogens with two attached hydrogens (primary N) is 1. The minimum Gasteiger partial charge on any atom is -0.457 e. The van der Waals surface area contributed by atoms with Gasteiger partial charge in [0, 0.05) is 37.5 Å². The fourth-order valence-electron chi connectivity index (χ4n) is 5.01. The van der Waals surface area contributed by atoms with E-state index in [0.29, 0.717) is 42.2 Å². The first-order valence-electron chi connectivity index (χ1n) is 13.6. The van der Waals surface area contributed by atoms with Gasteiger partial charge in [0.05, 0.1) is 11.4 Å². The van der Waals surface area contributed by atoms with Gasteiger partial charge < -0.3 is 20.7 Å². The second kappa shape index (κ2) is 11.9. The van der Waals surface area contributed by atoms with Gasteiger partial charge in [-0.2, -0.15) is 5.10 Å². The van der Waals surface area contributed by atoms with E-state index in [1.807, 2.05) is 88.5 Å². The second-order valence-electron chi connectivity index (χ2n) is 9.77. The Kier molecular flexibility index (Phi) is 7.53. The van der Waals surface area contributed by atoms with Crippen molar-refractivity contribution in [1.82, 2.24) is 29.6 Å². The monoisotopic (exact) mass is 546 g/mol. The molecule has 0 unspecified atom stereocenters. The Hall–Kier alpha value is -5.25. The molecule has 10 heteroatoms. The summed E-state index contributed by atoms with van der Waals surface area (Å²) >= 11 is 0. The van der Waals surface area contributed by atoms with E-state index >= 15 is 0 Å². The second-order valence-corrected chi connectivity index (χ2v) is 9.77. The molecule has 0 spiro atoms. The zero-order chi connectivity index (χ0) is 28.0. The van der Waals surface area contributed by atoms with Gasteiger partial charge in [-0.3, -0.25) is 4.79 Å². The third-order valence-electron chi connectivity index (χ3n) is 7.01. The summed E-state index contributed by atoms with van der Waals surface area (Å²) < 4.78 is 7.85. The summed E-state index contributed by atoms with van der Waals surface area (Å²) in [7, 11) is 0. The molecule has 1 aliphatic rings. The Morgan fingerprint density at radius 1 is 1.00 bits per heavy atom. The first-order chi connectivity index (χ1) is 20.2. The number of fused-ring (bicyclic) bond motifs is 1. The molecule has 0 bridgehead atoms. The number of rotatable bonds is 8. The van der Waals surface area contributed by atoms with E-state index < -0.39 is 0 Å². The van der Waals surface area contributed by atoms with Crippen molar-refractivity contribution < 1.29 is 9.53 Å². The zero-order valence-electron chi connectivity index (χ0n) is 22.4. The van der Waals surface area contributed by atoms with Gasteiger partial charge in [0.2, 0.25) is 5.91 Å². The van der Waals surface area contributed by atoms with Crippen LogP contribution in [0.25, 0.3) is 22.3 Å². The summed E-state index contributed by atoms with van der Waals surface area (Å²) in [6, 6.07) is 23.0. The van der Waals surface area contributed by atoms with Crippen molar-refractivity contribution in [2.75, 3.05) is 30.7 Å². The molecule has 0 saturated carbocycles. The first-order valence-corrected chi connectivity index (χ1v) is 13.6. The lowest BCUT2D eigenvalue weighted by atomic mass is 10.1. The number of ether oxygens (including phenoxy) is 1. The number of piperidine rings is 1. The van der Waals surface area contributed by atoms with Crippen LogP contribution in [-0.4, -0.2) is 55.2 Å². The normalized spacial score (nSPS) is 15.3. The predicted octanol–water partition coefficient (Wildman–Crippen LogP) is 5.09. The molecule has 1 atom stereocenters.